The third-order valence-electron chi connectivity index (χ3n) is 5.07. The third kappa shape index (κ3) is 4.01. The standard InChI is InChI=1S/C22H13ClF3N7O/c23-16-4-2-14(3-5-16)17-10-30-33-20(19(17)15-8-27-12-28-9-15)31-32(21(33)34)11-13-1-6-18(29-7-13)22(24,25)26/h1-10,12H,11H2. The van der Waals surface area contributed by atoms with E-state index in [0.717, 1.165) is 27.0 Å². The minimum Gasteiger partial charge on any atom is -0.251 e. The van der Waals surface area contributed by atoms with Crippen LogP contribution in [0.1, 0.15) is 11.3 Å². The van der Waals surface area contributed by atoms with Crippen LogP contribution in [0.2, 0.25) is 5.02 Å². The highest BCUT2D eigenvalue weighted by molar-refractivity contribution is 6.30. The molecule has 4 heterocycles. The van der Waals surface area contributed by atoms with E-state index in [0.29, 0.717) is 27.3 Å². The smallest absolute Gasteiger partial charge is 0.251 e. The van der Waals surface area contributed by atoms with Crippen molar-refractivity contribution in [2.45, 2.75) is 12.7 Å². The number of rotatable bonds is 4. The second kappa shape index (κ2) is 8.34. The quantitative estimate of drug-likeness (QED) is 0.382. The van der Waals surface area contributed by atoms with E-state index in [1.807, 2.05) is 12.1 Å². The second-order valence-electron chi connectivity index (χ2n) is 7.29. The van der Waals surface area contributed by atoms with Gasteiger partial charge in [-0.15, -0.1) is 5.10 Å². The van der Waals surface area contributed by atoms with Gasteiger partial charge in [-0.25, -0.2) is 19.4 Å². The monoisotopic (exact) mass is 483 g/mol. The molecule has 0 atom stereocenters. The highest BCUT2D eigenvalue weighted by atomic mass is 35.5. The lowest BCUT2D eigenvalue weighted by atomic mass is 9.99. The molecule has 0 bridgehead atoms. The molecule has 0 spiro atoms. The van der Waals surface area contributed by atoms with Crippen molar-refractivity contribution in [1.82, 2.24) is 34.3 Å². The summed E-state index contributed by atoms with van der Waals surface area (Å²) in [6.07, 6.45) is 2.61. The van der Waals surface area contributed by atoms with Crippen molar-refractivity contribution in [3.8, 4) is 22.3 Å². The molecule has 0 saturated heterocycles. The van der Waals surface area contributed by atoms with E-state index in [1.165, 1.54) is 18.6 Å². The number of halogens is 4. The predicted molar refractivity (Wildman–Crippen MR) is 117 cm³/mol. The first-order valence-corrected chi connectivity index (χ1v) is 10.2. The van der Waals surface area contributed by atoms with Crippen LogP contribution in [0.4, 0.5) is 13.2 Å². The molecule has 0 unspecified atom stereocenters. The van der Waals surface area contributed by atoms with Crippen molar-refractivity contribution in [3.05, 3.63) is 94.3 Å². The van der Waals surface area contributed by atoms with Gasteiger partial charge in [0, 0.05) is 40.3 Å². The van der Waals surface area contributed by atoms with Gasteiger partial charge in [-0.1, -0.05) is 29.8 Å². The zero-order valence-electron chi connectivity index (χ0n) is 17.1. The molecule has 1 aromatic carbocycles. The maximum absolute atomic E-state index is 13.0. The fraction of sp³-hybridized carbons (Fsp3) is 0.0909. The minimum atomic E-state index is -4.55. The number of nitrogens with zero attached hydrogens (tertiary/aromatic N) is 7. The van der Waals surface area contributed by atoms with Crippen molar-refractivity contribution in [2.75, 3.05) is 0 Å². The van der Waals surface area contributed by atoms with Gasteiger partial charge in [0.05, 0.1) is 12.7 Å². The second-order valence-corrected chi connectivity index (χ2v) is 7.73. The van der Waals surface area contributed by atoms with Gasteiger partial charge in [0.2, 0.25) is 0 Å². The Hall–Kier alpha value is -4.12. The summed E-state index contributed by atoms with van der Waals surface area (Å²) in [6.45, 7) is -0.0889. The van der Waals surface area contributed by atoms with E-state index in [9.17, 15) is 18.0 Å². The van der Waals surface area contributed by atoms with Crippen LogP contribution in [0.5, 0.6) is 0 Å². The molecule has 0 amide bonds. The van der Waals surface area contributed by atoms with E-state index < -0.39 is 17.6 Å². The summed E-state index contributed by atoms with van der Waals surface area (Å²) >= 11 is 6.02. The predicted octanol–water partition coefficient (Wildman–Crippen LogP) is 4.13. The Balaban J connectivity index is 1.65. The Morgan fingerprint density at radius 1 is 0.912 bits per heavy atom. The van der Waals surface area contributed by atoms with Gasteiger partial charge in [-0.05, 0) is 29.3 Å². The van der Waals surface area contributed by atoms with Crippen molar-refractivity contribution < 1.29 is 13.2 Å². The maximum Gasteiger partial charge on any atom is 0.433 e. The lowest BCUT2D eigenvalue weighted by Gasteiger charge is -2.10. The number of benzene rings is 1. The Kier molecular flexibility index (Phi) is 5.33. The molecule has 5 rings (SSSR count). The van der Waals surface area contributed by atoms with Gasteiger partial charge in [-0.3, -0.25) is 4.98 Å². The lowest BCUT2D eigenvalue weighted by molar-refractivity contribution is -0.141. The van der Waals surface area contributed by atoms with Crippen molar-refractivity contribution in [1.29, 1.82) is 0 Å². The summed E-state index contributed by atoms with van der Waals surface area (Å²) in [5, 5.41) is 9.25. The summed E-state index contributed by atoms with van der Waals surface area (Å²) in [5.74, 6) is 0. The van der Waals surface area contributed by atoms with E-state index in [1.54, 1.807) is 24.5 Å². The molecule has 0 aliphatic rings. The van der Waals surface area contributed by atoms with Crippen LogP contribution in [0.3, 0.4) is 0 Å². The first-order chi connectivity index (χ1) is 16.3. The van der Waals surface area contributed by atoms with Crippen LogP contribution in [-0.4, -0.2) is 34.3 Å². The van der Waals surface area contributed by atoms with E-state index >= 15 is 0 Å². The van der Waals surface area contributed by atoms with Crippen LogP contribution >= 0.6 is 11.6 Å². The van der Waals surface area contributed by atoms with Gasteiger partial charge in [0.25, 0.3) is 0 Å². The average molecular weight is 484 g/mol. The highest BCUT2D eigenvalue weighted by Gasteiger charge is 2.32. The van der Waals surface area contributed by atoms with E-state index in [2.05, 4.69) is 25.1 Å². The van der Waals surface area contributed by atoms with E-state index in [-0.39, 0.29) is 12.2 Å². The molecule has 0 aliphatic heterocycles. The fourth-order valence-electron chi connectivity index (χ4n) is 3.48. The lowest BCUT2D eigenvalue weighted by Crippen LogP contribution is -2.23. The van der Waals surface area contributed by atoms with Gasteiger partial charge < -0.3 is 0 Å². The summed E-state index contributed by atoms with van der Waals surface area (Å²) in [6, 6.07) is 9.20. The Morgan fingerprint density at radius 3 is 2.29 bits per heavy atom. The Morgan fingerprint density at radius 2 is 1.65 bits per heavy atom. The summed E-state index contributed by atoms with van der Waals surface area (Å²) in [4.78, 5) is 24.6. The fourth-order valence-corrected chi connectivity index (χ4v) is 3.61. The van der Waals surface area contributed by atoms with Gasteiger partial charge in [0.1, 0.15) is 12.0 Å². The van der Waals surface area contributed by atoms with Crippen molar-refractivity contribution >= 4 is 17.2 Å². The first kappa shape index (κ1) is 21.7. The topological polar surface area (TPSA) is 90.9 Å². The average Bonchev–Trinajstić information content (AvgIpc) is 3.14. The zero-order chi connectivity index (χ0) is 23.9. The molecule has 0 N–H and O–H groups in total. The first-order valence-electron chi connectivity index (χ1n) is 9.83. The van der Waals surface area contributed by atoms with Crippen LogP contribution in [0, 0.1) is 0 Å². The Labute approximate surface area is 194 Å². The Bertz CT molecular complexity index is 1530. The summed E-state index contributed by atoms with van der Waals surface area (Å²) in [5.41, 5.74) is 1.68. The molecular weight excluding hydrogens is 471 g/mol. The van der Waals surface area contributed by atoms with Crippen LogP contribution in [0.25, 0.3) is 27.9 Å². The molecule has 8 nitrogen and oxygen atoms in total. The molecule has 0 saturated carbocycles. The SMILES string of the molecule is O=c1n(Cc2ccc(C(F)(F)F)nc2)nc2c(-c3cncnc3)c(-c3ccc(Cl)cc3)cnn12. The van der Waals surface area contributed by atoms with Crippen LogP contribution in [0.15, 0.2) is 72.3 Å². The number of alkyl halides is 3. The minimum absolute atomic E-state index is 0.0889. The largest absolute Gasteiger partial charge is 0.433 e. The molecule has 0 aliphatic carbocycles. The number of hydrogen-bond acceptors (Lipinski definition) is 6. The molecular formula is C22H13ClF3N7O. The molecule has 170 valence electrons. The number of fused-ring (bicyclic) bond motifs is 1. The third-order valence-corrected chi connectivity index (χ3v) is 5.32. The van der Waals surface area contributed by atoms with Gasteiger partial charge in [-0.2, -0.15) is 22.8 Å². The molecule has 4 aromatic heterocycles. The van der Waals surface area contributed by atoms with Crippen molar-refractivity contribution in [3.63, 3.8) is 0 Å². The zero-order valence-corrected chi connectivity index (χ0v) is 17.9. The van der Waals surface area contributed by atoms with Crippen molar-refractivity contribution in [2.24, 2.45) is 0 Å². The number of pyridine rings is 1. The molecule has 0 radical (unpaired) electrons. The molecule has 12 heteroatoms. The molecule has 5 aromatic rings. The number of aromatic nitrogens is 7. The van der Waals surface area contributed by atoms with Crippen LogP contribution < -0.4 is 5.69 Å². The van der Waals surface area contributed by atoms with E-state index in [4.69, 9.17) is 11.6 Å². The van der Waals surface area contributed by atoms with Gasteiger partial charge in [0.15, 0.2) is 5.65 Å². The summed E-state index contributed by atoms with van der Waals surface area (Å²) < 4.78 is 40.6. The maximum atomic E-state index is 13.0. The number of hydrogen-bond donors (Lipinski definition) is 0. The highest BCUT2D eigenvalue weighted by Crippen LogP contribution is 2.33. The molecule has 34 heavy (non-hydrogen) atoms. The van der Waals surface area contributed by atoms with Crippen LogP contribution in [-0.2, 0) is 12.7 Å². The van der Waals surface area contributed by atoms with Gasteiger partial charge >= 0.3 is 11.9 Å². The molecule has 0 fully saturated rings. The normalized spacial score (nSPS) is 11.8. The summed E-state index contributed by atoms with van der Waals surface area (Å²) in [7, 11) is 0.